The van der Waals surface area contributed by atoms with Crippen molar-refractivity contribution in [3.05, 3.63) is 0 Å². The SMILES string of the molecule is CNCCCC(=O)NCCCN(C)C.Cl.Cl. The molecule has 0 fully saturated rings. The molecule has 0 spiro atoms. The Kier molecular flexibility index (Phi) is 19.9. The number of nitrogens with zero attached hydrogens (tertiary/aromatic N) is 1. The molecule has 0 aliphatic heterocycles. The van der Waals surface area contributed by atoms with E-state index in [2.05, 4.69) is 15.5 Å². The maximum Gasteiger partial charge on any atom is 0.220 e. The molecule has 0 atom stereocenters. The Morgan fingerprint density at radius 2 is 1.75 bits per heavy atom. The van der Waals surface area contributed by atoms with Gasteiger partial charge in [0.25, 0.3) is 0 Å². The van der Waals surface area contributed by atoms with E-state index in [1.807, 2.05) is 21.1 Å². The Labute approximate surface area is 111 Å². The number of carbonyl (C=O) groups excluding carboxylic acids is 1. The Balaban J connectivity index is -0.000000845. The van der Waals surface area contributed by atoms with Crippen LogP contribution in [-0.2, 0) is 4.79 Å². The van der Waals surface area contributed by atoms with Gasteiger partial charge in [0.1, 0.15) is 0 Å². The van der Waals surface area contributed by atoms with Crippen LogP contribution >= 0.6 is 24.8 Å². The molecule has 0 saturated heterocycles. The van der Waals surface area contributed by atoms with Gasteiger partial charge in [-0.2, -0.15) is 0 Å². The first-order chi connectivity index (χ1) is 6.66. The molecular weight excluding hydrogens is 249 g/mol. The predicted octanol–water partition coefficient (Wildman–Crippen LogP) is 0.897. The van der Waals surface area contributed by atoms with E-state index < -0.39 is 0 Å². The number of nitrogens with one attached hydrogen (secondary N) is 2. The maximum atomic E-state index is 11.2. The van der Waals surface area contributed by atoms with E-state index in [9.17, 15) is 4.79 Å². The van der Waals surface area contributed by atoms with Crippen LogP contribution in [0.2, 0.25) is 0 Å². The zero-order chi connectivity index (χ0) is 10.8. The van der Waals surface area contributed by atoms with Gasteiger partial charge in [-0.3, -0.25) is 4.79 Å². The monoisotopic (exact) mass is 273 g/mol. The highest BCUT2D eigenvalue weighted by Crippen LogP contribution is 1.87. The van der Waals surface area contributed by atoms with E-state index in [1.165, 1.54) is 0 Å². The summed E-state index contributed by atoms with van der Waals surface area (Å²) in [6, 6.07) is 0. The van der Waals surface area contributed by atoms with Crippen LogP contribution < -0.4 is 10.6 Å². The van der Waals surface area contributed by atoms with Crippen LogP contribution in [0.1, 0.15) is 19.3 Å². The summed E-state index contributed by atoms with van der Waals surface area (Å²) in [5.74, 6) is 0.166. The molecule has 0 rings (SSSR count). The van der Waals surface area contributed by atoms with Crippen molar-refractivity contribution < 1.29 is 4.79 Å². The highest BCUT2D eigenvalue weighted by Gasteiger charge is 1.99. The fraction of sp³-hybridized carbons (Fsp3) is 0.900. The van der Waals surface area contributed by atoms with Crippen molar-refractivity contribution in [1.82, 2.24) is 15.5 Å². The number of hydrogen-bond donors (Lipinski definition) is 2. The Morgan fingerprint density at radius 1 is 1.12 bits per heavy atom. The van der Waals surface area contributed by atoms with Crippen molar-refractivity contribution in [3.63, 3.8) is 0 Å². The topological polar surface area (TPSA) is 44.4 Å². The van der Waals surface area contributed by atoms with Crippen molar-refractivity contribution in [2.75, 3.05) is 40.8 Å². The standard InChI is InChI=1S/C10H23N3O.2ClH/c1-11-7-4-6-10(14)12-8-5-9-13(2)3;;/h11H,4-9H2,1-3H3,(H,12,14);2*1H. The van der Waals surface area contributed by atoms with Crippen molar-refractivity contribution in [2.24, 2.45) is 0 Å². The molecule has 6 heteroatoms. The van der Waals surface area contributed by atoms with Crippen LogP contribution in [0.4, 0.5) is 0 Å². The molecule has 0 unspecified atom stereocenters. The minimum atomic E-state index is 0. The number of rotatable bonds is 8. The van der Waals surface area contributed by atoms with Crippen LogP contribution in [0, 0.1) is 0 Å². The lowest BCUT2D eigenvalue weighted by Gasteiger charge is -2.09. The highest BCUT2D eigenvalue weighted by molar-refractivity contribution is 5.85. The first-order valence-corrected chi connectivity index (χ1v) is 5.23. The molecule has 0 saturated carbocycles. The Bertz CT molecular complexity index is 157. The fourth-order valence-corrected chi connectivity index (χ4v) is 1.14. The second-order valence-electron chi connectivity index (χ2n) is 3.71. The third kappa shape index (κ3) is 16.4. The first-order valence-electron chi connectivity index (χ1n) is 5.23. The van der Waals surface area contributed by atoms with E-state index >= 15 is 0 Å². The van der Waals surface area contributed by atoms with Gasteiger partial charge in [0.05, 0.1) is 0 Å². The van der Waals surface area contributed by atoms with E-state index in [0.29, 0.717) is 6.42 Å². The van der Waals surface area contributed by atoms with Gasteiger partial charge < -0.3 is 15.5 Å². The fourth-order valence-electron chi connectivity index (χ4n) is 1.14. The summed E-state index contributed by atoms with van der Waals surface area (Å²) in [4.78, 5) is 13.3. The summed E-state index contributed by atoms with van der Waals surface area (Å²) >= 11 is 0. The van der Waals surface area contributed by atoms with Gasteiger partial charge in [0, 0.05) is 13.0 Å². The molecule has 2 N–H and O–H groups in total. The van der Waals surface area contributed by atoms with E-state index in [-0.39, 0.29) is 30.7 Å². The van der Waals surface area contributed by atoms with E-state index in [0.717, 1.165) is 32.5 Å². The average Bonchev–Trinajstić information content (AvgIpc) is 2.13. The molecule has 0 aliphatic carbocycles. The molecule has 0 heterocycles. The summed E-state index contributed by atoms with van der Waals surface area (Å²) in [6.45, 7) is 2.72. The minimum Gasteiger partial charge on any atom is -0.356 e. The van der Waals surface area contributed by atoms with Gasteiger partial charge in [0.15, 0.2) is 0 Å². The molecule has 16 heavy (non-hydrogen) atoms. The number of amides is 1. The lowest BCUT2D eigenvalue weighted by molar-refractivity contribution is -0.121. The second-order valence-corrected chi connectivity index (χ2v) is 3.71. The average molecular weight is 274 g/mol. The zero-order valence-electron chi connectivity index (χ0n) is 10.4. The van der Waals surface area contributed by atoms with E-state index in [4.69, 9.17) is 0 Å². The third-order valence-corrected chi connectivity index (χ3v) is 1.93. The lowest BCUT2D eigenvalue weighted by Crippen LogP contribution is -2.27. The summed E-state index contributed by atoms with van der Waals surface area (Å²) < 4.78 is 0. The molecule has 4 nitrogen and oxygen atoms in total. The molecular formula is C10H25Cl2N3O. The smallest absolute Gasteiger partial charge is 0.220 e. The van der Waals surface area contributed by atoms with Crippen molar-refractivity contribution in [1.29, 1.82) is 0 Å². The van der Waals surface area contributed by atoms with Crippen LogP contribution in [0.15, 0.2) is 0 Å². The zero-order valence-corrected chi connectivity index (χ0v) is 12.0. The molecule has 0 aromatic heterocycles. The van der Waals surface area contributed by atoms with Crippen LogP contribution in [0.5, 0.6) is 0 Å². The van der Waals surface area contributed by atoms with Gasteiger partial charge in [0.2, 0.25) is 5.91 Å². The van der Waals surface area contributed by atoms with E-state index in [1.54, 1.807) is 0 Å². The maximum absolute atomic E-state index is 11.2. The molecule has 0 radical (unpaired) electrons. The Hall–Kier alpha value is -0.0300. The number of hydrogen-bond acceptors (Lipinski definition) is 3. The summed E-state index contributed by atoms with van der Waals surface area (Å²) in [5.41, 5.74) is 0. The molecule has 0 aromatic carbocycles. The number of halogens is 2. The van der Waals surface area contributed by atoms with Crippen LogP contribution in [0.25, 0.3) is 0 Å². The minimum absolute atomic E-state index is 0. The van der Waals surface area contributed by atoms with Gasteiger partial charge in [-0.25, -0.2) is 0 Å². The largest absolute Gasteiger partial charge is 0.356 e. The van der Waals surface area contributed by atoms with Crippen LogP contribution in [0.3, 0.4) is 0 Å². The third-order valence-electron chi connectivity index (χ3n) is 1.93. The van der Waals surface area contributed by atoms with Crippen molar-refractivity contribution >= 4 is 30.7 Å². The quantitative estimate of drug-likeness (QED) is 0.646. The summed E-state index contributed by atoms with van der Waals surface area (Å²) in [5, 5.41) is 5.92. The van der Waals surface area contributed by atoms with Gasteiger partial charge in [-0.15, -0.1) is 24.8 Å². The van der Waals surface area contributed by atoms with Crippen molar-refractivity contribution in [3.8, 4) is 0 Å². The molecule has 100 valence electrons. The predicted molar refractivity (Wildman–Crippen MR) is 73.8 cm³/mol. The molecule has 0 aromatic rings. The van der Waals surface area contributed by atoms with Gasteiger partial charge in [-0.05, 0) is 47.1 Å². The van der Waals surface area contributed by atoms with Crippen molar-refractivity contribution in [2.45, 2.75) is 19.3 Å². The number of carbonyl (C=O) groups is 1. The van der Waals surface area contributed by atoms with Gasteiger partial charge >= 0.3 is 0 Å². The normalized spacial score (nSPS) is 9.25. The summed E-state index contributed by atoms with van der Waals surface area (Å²) in [7, 11) is 5.97. The lowest BCUT2D eigenvalue weighted by atomic mass is 10.3. The second kappa shape index (κ2) is 15.0. The summed E-state index contributed by atoms with van der Waals surface area (Å²) in [6.07, 6.45) is 2.56. The first kappa shape index (κ1) is 21.3. The highest BCUT2D eigenvalue weighted by atomic mass is 35.5. The van der Waals surface area contributed by atoms with Crippen LogP contribution in [-0.4, -0.2) is 51.6 Å². The molecule has 0 bridgehead atoms. The molecule has 1 amide bonds. The van der Waals surface area contributed by atoms with Gasteiger partial charge in [-0.1, -0.05) is 0 Å². The molecule has 0 aliphatic rings. The Morgan fingerprint density at radius 3 is 2.25 bits per heavy atom.